The van der Waals surface area contributed by atoms with Crippen LogP contribution in [0.25, 0.3) is 0 Å². The molecule has 0 radical (unpaired) electrons. The maximum atomic E-state index is 12.7. The summed E-state index contributed by atoms with van der Waals surface area (Å²) in [6.07, 6.45) is 10.5. The Morgan fingerprint density at radius 3 is 2.44 bits per heavy atom. The molecule has 7 atom stereocenters. The van der Waals surface area contributed by atoms with Crippen LogP contribution < -0.4 is 0 Å². The zero-order valence-corrected chi connectivity index (χ0v) is 20.4. The Morgan fingerprint density at radius 1 is 1.03 bits per heavy atom. The lowest BCUT2D eigenvalue weighted by molar-refractivity contribution is -0.384. The van der Waals surface area contributed by atoms with E-state index in [0.717, 1.165) is 38.5 Å². The van der Waals surface area contributed by atoms with Crippen LogP contribution in [0.5, 0.6) is 0 Å². The Hall–Kier alpha value is -2.50. The summed E-state index contributed by atoms with van der Waals surface area (Å²) in [7, 11) is 0. The number of esters is 1. The molecule has 0 N–H and O–H groups in total. The van der Waals surface area contributed by atoms with Gasteiger partial charge in [-0.15, -0.1) is 0 Å². The number of nitro groups is 1. The minimum atomic E-state index is -0.473. The summed E-state index contributed by atoms with van der Waals surface area (Å²) < 4.78 is 5.85. The van der Waals surface area contributed by atoms with Gasteiger partial charge in [-0.25, -0.2) is 4.79 Å². The largest absolute Gasteiger partial charge is 0.458 e. The number of allylic oxidation sites excluding steroid dienone is 1. The van der Waals surface area contributed by atoms with E-state index in [1.54, 1.807) is 6.92 Å². The smallest absolute Gasteiger partial charge is 0.338 e. The molecular formula is C28H35NO5. The van der Waals surface area contributed by atoms with Crippen molar-refractivity contribution in [2.24, 2.45) is 34.5 Å². The van der Waals surface area contributed by atoms with Crippen molar-refractivity contribution in [1.29, 1.82) is 0 Å². The van der Waals surface area contributed by atoms with Crippen LogP contribution in [0.1, 0.15) is 82.5 Å². The molecule has 0 unspecified atom stereocenters. The van der Waals surface area contributed by atoms with E-state index in [1.165, 1.54) is 42.7 Å². The first-order chi connectivity index (χ1) is 16.1. The van der Waals surface area contributed by atoms with Gasteiger partial charge < -0.3 is 4.74 Å². The van der Waals surface area contributed by atoms with Crippen LogP contribution >= 0.6 is 0 Å². The van der Waals surface area contributed by atoms with Gasteiger partial charge >= 0.3 is 5.97 Å². The standard InChI is InChI=1S/C28H35NO5/c1-17(30)23-10-11-24-22-9-6-19-16-21(12-14-27(19,2)25(22)13-15-28(23,24)3)34-26(31)18-4-7-20(8-5-18)29(32)33/h4-8,21-25H,9-16H2,1-3H3/t21-,22+,23-,24+,25+,27+,28-/m1/s1. The molecule has 1 aromatic rings. The number of nitro benzene ring substituents is 1. The van der Waals surface area contributed by atoms with Crippen molar-refractivity contribution < 1.29 is 19.2 Å². The van der Waals surface area contributed by atoms with Gasteiger partial charge in [0, 0.05) is 24.5 Å². The normalized spacial score (nSPS) is 38.7. The number of rotatable bonds is 4. The van der Waals surface area contributed by atoms with Crippen LogP contribution in [0.15, 0.2) is 35.9 Å². The van der Waals surface area contributed by atoms with Gasteiger partial charge in [-0.3, -0.25) is 14.9 Å². The number of benzene rings is 1. The third-order valence-electron chi connectivity index (χ3n) is 10.1. The highest BCUT2D eigenvalue weighted by molar-refractivity contribution is 5.89. The number of non-ortho nitro benzene ring substituents is 1. The molecule has 0 aliphatic heterocycles. The predicted molar refractivity (Wildman–Crippen MR) is 128 cm³/mol. The average Bonchev–Trinajstić information content (AvgIpc) is 3.17. The molecular weight excluding hydrogens is 430 g/mol. The summed E-state index contributed by atoms with van der Waals surface area (Å²) in [4.78, 5) is 35.4. The quantitative estimate of drug-likeness (QED) is 0.226. The molecule has 1 aromatic carbocycles. The zero-order valence-electron chi connectivity index (χ0n) is 20.4. The molecule has 6 heteroatoms. The Labute approximate surface area is 201 Å². The summed E-state index contributed by atoms with van der Waals surface area (Å²) in [6, 6.07) is 5.61. The summed E-state index contributed by atoms with van der Waals surface area (Å²) in [5.74, 6) is 2.11. The molecule has 6 nitrogen and oxygen atoms in total. The monoisotopic (exact) mass is 465 g/mol. The van der Waals surface area contributed by atoms with Crippen molar-refractivity contribution in [2.45, 2.75) is 78.2 Å². The van der Waals surface area contributed by atoms with Gasteiger partial charge in [-0.1, -0.05) is 25.5 Å². The van der Waals surface area contributed by atoms with E-state index in [0.29, 0.717) is 29.1 Å². The number of nitrogens with zero attached hydrogens (tertiary/aromatic N) is 1. The van der Waals surface area contributed by atoms with E-state index >= 15 is 0 Å². The number of carbonyl (C=O) groups is 2. The lowest BCUT2D eigenvalue weighted by atomic mass is 9.47. The summed E-state index contributed by atoms with van der Waals surface area (Å²) in [5.41, 5.74) is 2.06. The molecule has 0 spiro atoms. The van der Waals surface area contributed by atoms with Crippen molar-refractivity contribution >= 4 is 17.4 Å². The fourth-order valence-electron chi connectivity index (χ4n) is 8.33. The van der Waals surface area contributed by atoms with E-state index in [2.05, 4.69) is 19.9 Å². The van der Waals surface area contributed by atoms with E-state index in [9.17, 15) is 19.7 Å². The molecule has 3 fully saturated rings. The minimum Gasteiger partial charge on any atom is -0.458 e. The molecule has 34 heavy (non-hydrogen) atoms. The van der Waals surface area contributed by atoms with Crippen LogP contribution in [0.4, 0.5) is 5.69 Å². The zero-order chi connectivity index (χ0) is 24.3. The van der Waals surface area contributed by atoms with Crippen LogP contribution in [-0.2, 0) is 9.53 Å². The number of fused-ring (bicyclic) bond motifs is 5. The predicted octanol–water partition coefficient (Wildman–Crippen LogP) is 6.29. The number of ether oxygens (including phenoxy) is 1. The van der Waals surface area contributed by atoms with Crippen LogP contribution in [0, 0.1) is 44.6 Å². The van der Waals surface area contributed by atoms with E-state index in [4.69, 9.17) is 4.74 Å². The van der Waals surface area contributed by atoms with Crippen molar-refractivity contribution in [3.8, 4) is 0 Å². The fourth-order valence-corrected chi connectivity index (χ4v) is 8.33. The van der Waals surface area contributed by atoms with Gasteiger partial charge in [-0.2, -0.15) is 0 Å². The second-order valence-corrected chi connectivity index (χ2v) is 11.6. The van der Waals surface area contributed by atoms with E-state index < -0.39 is 10.9 Å². The number of hydrogen-bond donors (Lipinski definition) is 0. The highest BCUT2D eigenvalue weighted by atomic mass is 16.6. The highest BCUT2D eigenvalue weighted by Gasteiger charge is 2.59. The number of ketones is 1. The Bertz CT molecular complexity index is 1050. The minimum absolute atomic E-state index is 0.0348. The van der Waals surface area contributed by atoms with Crippen molar-refractivity contribution in [3.63, 3.8) is 0 Å². The molecule has 0 heterocycles. The topological polar surface area (TPSA) is 86.5 Å². The Balaban J connectivity index is 1.29. The Kier molecular flexibility index (Phi) is 5.69. The molecule has 5 rings (SSSR count). The van der Waals surface area contributed by atoms with Gasteiger partial charge in [0.1, 0.15) is 11.9 Å². The Morgan fingerprint density at radius 2 is 1.76 bits per heavy atom. The molecule has 4 aliphatic rings. The molecule has 0 bridgehead atoms. The first-order valence-electron chi connectivity index (χ1n) is 12.8. The van der Waals surface area contributed by atoms with Gasteiger partial charge in [0.2, 0.25) is 0 Å². The van der Waals surface area contributed by atoms with Gasteiger partial charge in [0.15, 0.2) is 0 Å². The van der Waals surface area contributed by atoms with Crippen molar-refractivity contribution in [2.75, 3.05) is 0 Å². The van der Waals surface area contributed by atoms with Crippen LogP contribution in [0.2, 0.25) is 0 Å². The maximum absolute atomic E-state index is 12.7. The number of carbonyl (C=O) groups excluding carboxylic acids is 2. The lowest BCUT2D eigenvalue weighted by Gasteiger charge is -2.58. The molecule has 4 aliphatic carbocycles. The maximum Gasteiger partial charge on any atom is 0.338 e. The third kappa shape index (κ3) is 3.61. The van der Waals surface area contributed by atoms with Crippen LogP contribution in [0.3, 0.4) is 0 Å². The van der Waals surface area contributed by atoms with Gasteiger partial charge in [0.05, 0.1) is 10.5 Å². The molecule has 3 saturated carbocycles. The lowest BCUT2D eigenvalue weighted by Crippen LogP contribution is -2.51. The third-order valence-corrected chi connectivity index (χ3v) is 10.1. The first-order valence-corrected chi connectivity index (χ1v) is 12.8. The molecule has 182 valence electrons. The van der Waals surface area contributed by atoms with E-state index in [-0.39, 0.29) is 28.5 Å². The first kappa shape index (κ1) is 23.3. The molecule has 0 aromatic heterocycles. The average molecular weight is 466 g/mol. The van der Waals surface area contributed by atoms with Crippen molar-refractivity contribution in [3.05, 3.63) is 51.6 Å². The summed E-state index contributed by atoms with van der Waals surface area (Å²) in [6.45, 7) is 6.58. The van der Waals surface area contributed by atoms with Crippen molar-refractivity contribution in [1.82, 2.24) is 0 Å². The SMILES string of the molecule is CC(=O)[C@H]1CC[C@H]2[C@@H]3CC=C4C[C@H](OC(=O)c5ccc([N+](=O)[O-])cc5)CC[C@]4(C)[C@H]3CC[C@]12C. The molecule has 0 amide bonds. The second kappa shape index (κ2) is 8.31. The number of Topliss-reactive ketones (excluding diaryl/α,β-unsaturated/α-hetero) is 1. The second-order valence-electron chi connectivity index (χ2n) is 11.6. The van der Waals surface area contributed by atoms with Gasteiger partial charge in [-0.05, 0) is 92.6 Å². The van der Waals surface area contributed by atoms with Gasteiger partial charge in [0.25, 0.3) is 5.69 Å². The van der Waals surface area contributed by atoms with E-state index in [1.807, 2.05) is 0 Å². The molecule has 0 saturated heterocycles. The fraction of sp³-hybridized carbons (Fsp3) is 0.643. The summed E-state index contributed by atoms with van der Waals surface area (Å²) >= 11 is 0. The summed E-state index contributed by atoms with van der Waals surface area (Å²) in [5, 5.41) is 10.9. The highest BCUT2D eigenvalue weighted by Crippen LogP contribution is 2.66. The van der Waals surface area contributed by atoms with Crippen LogP contribution in [-0.4, -0.2) is 22.8 Å². The number of hydrogen-bond acceptors (Lipinski definition) is 5.